The predicted octanol–water partition coefficient (Wildman–Crippen LogP) is 3.85. The van der Waals surface area contributed by atoms with Gasteiger partial charge in [0.15, 0.2) is 5.11 Å². The van der Waals surface area contributed by atoms with E-state index in [0.717, 1.165) is 21.9 Å². The van der Waals surface area contributed by atoms with Gasteiger partial charge in [-0.25, -0.2) is 0 Å². The maximum Gasteiger partial charge on any atom is 0.281 e. The molecule has 4 rings (SSSR count). The number of thiocarbonyl (C=S) groups is 1. The standard InChI is InChI=1S/C17H18ClN3OS2/c18-14-11-3-1-2-4-13(11)24-15(14)16(22)20-21-17(23)19-12-8-9-5-6-10(12)7-9/h1-4,9-10,12H,5-8H2,(H,20,22)(H2,19,21,23)/t9-,10+,12+/m0/s1. The highest BCUT2D eigenvalue weighted by Gasteiger charge is 2.39. The summed E-state index contributed by atoms with van der Waals surface area (Å²) in [5.41, 5.74) is 5.46. The van der Waals surface area contributed by atoms with Gasteiger partial charge < -0.3 is 5.32 Å². The third-order valence-corrected chi connectivity index (χ3v) is 6.98. The van der Waals surface area contributed by atoms with Gasteiger partial charge in [0.05, 0.1) is 5.02 Å². The minimum atomic E-state index is -0.265. The number of halogens is 1. The number of hydrogen-bond donors (Lipinski definition) is 3. The van der Waals surface area contributed by atoms with E-state index in [1.807, 2.05) is 24.3 Å². The summed E-state index contributed by atoms with van der Waals surface area (Å²) in [7, 11) is 0. The molecule has 4 nitrogen and oxygen atoms in total. The fourth-order valence-corrected chi connectivity index (χ4v) is 5.57. The Labute approximate surface area is 154 Å². The molecule has 2 aliphatic rings. The Morgan fingerprint density at radius 1 is 1.21 bits per heavy atom. The van der Waals surface area contributed by atoms with Crippen molar-refractivity contribution in [3.8, 4) is 0 Å². The van der Waals surface area contributed by atoms with E-state index in [0.29, 0.717) is 21.1 Å². The molecule has 3 N–H and O–H groups in total. The Morgan fingerprint density at radius 3 is 2.75 bits per heavy atom. The predicted molar refractivity (Wildman–Crippen MR) is 102 cm³/mol. The van der Waals surface area contributed by atoms with Crippen LogP contribution < -0.4 is 16.2 Å². The minimum absolute atomic E-state index is 0.265. The number of thiophene rings is 1. The topological polar surface area (TPSA) is 53.2 Å². The third kappa shape index (κ3) is 2.98. The van der Waals surface area contributed by atoms with E-state index < -0.39 is 0 Å². The molecule has 0 saturated heterocycles. The highest BCUT2D eigenvalue weighted by atomic mass is 35.5. The maximum absolute atomic E-state index is 12.4. The molecular weight excluding hydrogens is 362 g/mol. The van der Waals surface area contributed by atoms with Crippen molar-refractivity contribution in [2.24, 2.45) is 11.8 Å². The number of carbonyl (C=O) groups is 1. The number of hydrazine groups is 1. The van der Waals surface area contributed by atoms with Crippen LogP contribution >= 0.6 is 35.2 Å². The summed E-state index contributed by atoms with van der Waals surface area (Å²) < 4.78 is 0.996. The van der Waals surface area contributed by atoms with Gasteiger partial charge in [-0.05, 0) is 49.4 Å². The van der Waals surface area contributed by atoms with Crippen LogP contribution in [0.1, 0.15) is 35.4 Å². The zero-order valence-electron chi connectivity index (χ0n) is 13.0. The van der Waals surface area contributed by atoms with Crippen LogP contribution in [-0.4, -0.2) is 17.1 Å². The van der Waals surface area contributed by atoms with Gasteiger partial charge in [-0.15, -0.1) is 11.3 Å². The van der Waals surface area contributed by atoms with Crippen LogP contribution in [0.25, 0.3) is 10.1 Å². The molecular formula is C17H18ClN3OS2. The maximum atomic E-state index is 12.4. The van der Waals surface area contributed by atoms with Gasteiger partial charge in [0.2, 0.25) is 0 Å². The van der Waals surface area contributed by atoms with Gasteiger partial charge >= 0.3 is 0 Å². The summed E-state index contributed by atoms with van der Waals surface area (Å²) in [6.45, 7) is 0. The van der Waals surface area contributed by atoms with E-state index in [9.17, 15) is 4.79 Å². The molecule has 126 valence electrons. The Balaban J connectivity index is 1.35. The Hall–Kier alpha value is -1.37. The van der Waals surface area contributed by atoms with E-state index in [-0.39, 0.29) is 5.91 Å². The molecule has 2 aliphatic carbocycles. The second-order valence-electron chi connectivity index (χ2n) is 6.58. The van der Waals surface area contributed by atoms with Crippen LogP contribution in [0.15, 0.2) is 24.3 Å². The first-order chi connectivity index (χ1) is 11.6. The van der Waals surface area contributed by atoms with Crippen LogP contribution in [0.5, 0.6) is 0 Å². The fourth-order valence-electron chi connectivity index (χ4n) is 3.96. The van der Waals surface area contributed by atoms with Crippen LogP contribution in [0.4, 0.5) is 0 Å². The minimum Gasteiger partial charge on any atom is -0.358 e. The SMILES string of the molecule is O=C(NNC(=S)N[C@@H]1C[C@H]2CC[C@@H]1C2)c1sc2ccccc2c1Cl. The highest BCUT2D eigenvalue weighted by molar-refractivity contribution is 7.80. The molecule has 7 heteroatoms. The molecule has 0 radical (unpaired) electrons. The first-order valence-electron chi connectivity index (χ1n) is 8.15. The number of nitrogens with one attached hydrogen (secondary N) is 3. The molecule has 1 amide bonds. The number of carbonyl (C=O) groups excluding carboxylic acids is 1. The molecule has 0 spiro atoms. The van der Waals surface area contributed by atoms with Crippen molar-refractivity contribution in [3.05, 3.63) is 34.2 Å². The molecule has 2 fully saturated rings. The normalized spacial score (nSPS) is 25.0. The third-order valence-electron chi connectivity index (χ3n) is 5.09. The zero-order chi connectivity index (χ0) is 16.7. The molecule has 2 saturated carbocycles. The Bertz CT molecular complexity index is 806. The summed E-state index contributed by atoms with van der Waals surface area (Å²) in [5, 5.41) is 5.19. The van der Waals surface area contributed by atoms with Gasteiger partial charge in [-0.3, -0.25) is 15.6 Å². The summed E-state index contributed by atoms with van der Waals surface area (Å²) in [4.78, 5) is 12.9. The Kier molecular flexibility index (Phi) is 4.37. The zero-order valence-corrected chi connectivity index (χ0v) is 15.4. The Morgan fingerprint density at radius 2 is 2.04 bits per heavy atom. The van der Waals surface area contributed by atoms with Crippen molar-refractivity contribution in [2.75, 3.05) is 0 Å². The second kappa shape index (κ2) is 6.50. The highest BCUT2D eigenvalue weighted by Crippen LogP contribution is 2.44. The molecule has 2 aromatic rings. The molecule has 2 bridgehead atoms. The number of amides is 1. The largest absolute Gasteiger partial charge is 0.358 e. The first-order valence-corrected chi connectivity index (χ1v) is 9.76. The molecule has 1 aromatic heterocycles. The van der Waals surface area contributed by atoms with E-state index in [2.05, 4.69) is 16.2 Å². The molecule has 1 aromatic carbocycles. The van der Waals surface area contributed by atoms with Crippen molar-refractivity contribution >= 4 is 56.3 Å². The summed E-state index contributed by atoms with van der Waals surface area (Å²) >= 11 is 13.0. The van der Waals surface area contributed by atoms with Gasteiger partial charge in [-0.2, -0.15) is 0 Å². The van der Waals surface area contributed by atoms with Crippen molar-refractivity contribution in [1.29, 1.82) is 0 Å². The average Bonchev–Trinajstić information content (AvgIpc) is 3.28. The van der Waals surface area contributed by atoms with E-state index in [1.165, 1.54) is 37.0 Å². The summed E-state index contributed by atoms with van der Waals surface area (Å²) in [6, 6.07) is 8.16. The number of fused-ring (bicyclic) bond motifs is 3. The molecule has 0 unspecified atom stereocenters. The average molecular weight is 380 g/mol. The lowest BCUT2D eigenvalue weighted by molar-refractivity contribution is 0.0947. The number of hydrogen-bond acceptors (Lipinski definition) is 3. The van der Waals surface area contributed by atoms with Gasteiger partial charge in [-0.1, -0.05) is 36.2 Å². The summed E-state index contributed by atoms with van der Waals surface area (Å²) in [6.07, 6.45) is 5.13. The van der Waals surface area contributed by atoms with Gasteiger partial charge in [0, 0.05) is 16.1 Å². The van der Waals surface area contributed by atoms with Crippen molar-refractivity contribution in [2.45, 2.75) is 31.7 Å². The quantitative estimate of drug-likeness (QED) is 0.548. The van der Waals surface area contributed by atoms with Crippen molar-refractivity contribution in [3.63, 3.8) is 0 Å². The van der Waals surface area contributed by atoms with Crippen molar-refractivity contribution < 1.29 is 4.79 Å². The van der Waals surface area contributed by atoms with Crippen LogP contribution in [0.2, 0.25) is 5.02 Å². The smallest absolute Gasteiger partial charge is 0.281 e. The molecule has 3 atom stereocenters. The fraction of sp³-hybridized carbons (Fsp3) is 0.412. The lowest BCUT2D eigenvalue weighted by Gasteiger charge is -2.24. The van der Waals surface area contributed by atoms with E-state index >= 15 is 0 Å². The first kappa shape index (κ1) is 16.1. The molecule has 0 aliphatic heterocycles. The van der Waals surface area contributed by atoms with E-state index in [1.54, 1.807) is 0 Å². The molecule has 1 heterocycles. The lowest BCUT2D eigenvalue weighted by atomic mass is 9.96. The van der Waals surface area contributed by atoms with Gasteiger partial charge in [0.1, 0.15) is 4.88 Å². The monoisotopic (exact) mass is 379 g/mol. The van der Waals surface area contributed by atoms with Crippen LogP contribution in [0.3, 0.4) is 0 Å². The van der Waals surface area contributed by atoms with Crippen LogP contribution in [0, 0.1) is 11.8 Å². The van der Waals surface area contributed by atoms with Gasteiger partial charge in [0.25, 0.3) is 5.91 Å². The molecule has 24 heavy (non-hydrogen) atoms. The van der Waals surface area contributed by atoms with Crippen molar-refractivity contribution in [1.82, 2.24) is 16.2 Å². The second-order valence-corrected chi connectivity index (χ2v) is 8.41. The number of rotatable bonds is 2. The lowest BCUT2D eigenvalue weighted by Crippen LogP contribution is -2.50. The number of benzene rings is 1. The summed E-state index contributed by atoms with van der Waals surface area (Å²) in [5.74, 6) is 1.31. The van der Waals surface area contributed by atoms with E-state index in [4.69, 9.17) is 23.8 Å². The van der Waals surface area contributed by atoms with Crippen LogP contribution in [-0.2, 0) is 0 Å².